The Kier molecular flexibility index (Phi) is 7.29. The van der Waals surface area contributed by atoms with E-state index in [-0.39, 0.29) is 0 Å². The van der Waals surface area contributed by atoms with Gasteiger partial charge in [-0.15, -0.1) is 0 Å². The first-order chi connectivity index (χ1) is 16.1. The van der Waals surface area contributed by atoms with Gasteiger partial charge in [0.05, 0.1) is 6.61 Å². The Bertz CT molecular complexity index is 1140. The monoisotopic (exact) mass is 434 g/mol. The van der Waals surface area contributed by atoms with E-state index >= 15 is 0 Å². The summed E-state index contributed by atoms with van der Waals surface area (Å²) in [5, 5.41) is 0. The number of rotatable bonds is 8. The second kappa shape index (κ2) is 10.5. The van der Waals surface area contributed by atoms with E-state index in [4.69, 9.17) is 4.74 Å². The molecular formula is C32H34O. The minimum atomic E-state index is 0.580. The second-order valence-electron chi connectivity index (χ2n) is 8.94. The Balaban J connectivity index is 1.65. The Morgan fingerprint density at radius 1 is 0.636 bits per heavy atom. The van der Waals surface area contributed by atoms with Gasteiger partial charge in [-0.3, -0.25) is 0 Å². The van der Waals surface area contributed by atoms with Crippen molar-refractivity contribution in [1.82, 2.24) is 0 Å². The molecule has 1 unspecified atom stereocenters. The molecule has 0 fully saturated rings. The van der Waals surface area contributed by atoms with Crippen molar-refractivity contribution >= 4 is 0 Å². The average molecular weight is 435 g/mol. The highest BCUT2D eigenvalue weighted by atomic mass is 16.5. The van der Waals surface area contributed by atoms with Crippen LogP contribution in [0.3, 0.4) is 0 Å². The molecule has 33 heavy (non-hydrogen) atoms. The van der Waals surface area contributed by atoms with Crippen molar-refractivity contribution in [3.05, 3.63) is 113 Å². The second-order valence-corrected chi connectivity index (χ2v) is 8.94. The average Bonchev–Trinajstić information content (AvgIpc) is 2.85. The third kappa shape index (κ3) is 5.20. The molecule has 1 atom stereocenters. The number of hydrogen-bond acceptors (Lipinski definition) is 1. The van der Waals surface area contributed by atoms with Crippen LogP contribution in [-0.4, -0.2) is 6.61 Å². The molecule has 0 aliphatic rings. The number of hydrogen-bond donors (Lipinski definition) is 0. The molecular weight excluding hydrogens is 400 g/mol. The first-order valence-corrected chi connectivity index (χ1v) is 12.0. The summed E-state index contributed by atoms with van der Waals surface area (Å²) in [6.07, 6.45) is 2.00. The quantitative estimate of drug-likeness (QED) is 0.269. The smallest absolute Gasteiger partial charge is 0.119 e. The van der Waals surface area contributed by atoms with E-state index < -0.39 is 0 Å². The van der Waals surface area contributed by atoms with Crippen molar-refractivity contribution in [2.24, 2.45) is 0 Å². The molecule has 4 aromatic carbocycles. The van der Waals surface area contributed by atoms with E-state index in [0.717, 1.165) is 18.6 Å². The molecule has 0 aliphatic carbocycles. The Morgan fingerprint density at radius 2 is 1.15 bits per heavy atom. The predicted molar refractivity (Wildman–Crippen MR) is 141 cm³/mol. The molecule has 0 saturated heterocycles. The van der Waals surface area contributed by atoms with Gasteiger partial charge in [0.15, 0.2) is 0 Å². The summed E-state index contributed by atoms with van der Waals surface area (Å²) in [5.41, 5.74) is 10.5. The molecule has 0 aromatic heterocycles. The van der Waals surface area contributed by atoms with E-state index in [2.05, 4.69) is 119 Å². The predicted octanol–water partition coefficient (Wildman–Crippen LogP) is 8.77. The fourth-order valence-electron chi connectivity index (χ4n) is 4.51. The normalized spacial score (nSPS) is 11.9. The first kappa shape index (κ1) is 22.9. The van der Waals surface area contributed by atoms with Crippen LogP contribution < -0.4 is 4.74 Å². The van der Waals surface area contributed by atoms with Gasteiger partial charge in [-0.1, -0.05) is 92.7 Å². The Morgan fingerprint density at radius 3 is 1.67 bits per heavy atom. The molecule has 0 heterocycles. The lowest BCUT2D eigenvalue weighted by atomic mass is 9.87. The summed E-state index contributed by atoms with van der Waals surface area (Å²) >= 11 is 0. The van der Waals surface area contributed by atoms with Crippen LogP contribution in [0.4, 0.5) is 0 Å². The van der Waals surface area contributed by atoms with Crippen molar-refractivity contribution in [3.8, 4) is 28.0 Å². The van der Waals surface area contributed by atoms with Gasteiger partial charge in [-0.2, -0.15) is 0 Å². The van der Waals surface area contributed by atoms with Crippen LogP contribution in [-0.2, 0) is 6.42 Å². The molecule has 1 heteroatoms. The van der Waals surface area contributed by atoms with Crippen LogP contribution in [0.25, 0.3) is 22.3 Å². The summed E-state index contributed by atoms with van der Waals surface area (Å²) in [5.74, 6) is 1.52. The van der Waals surface area contributed by atoms with Crippen LogP contribution in [0.1, 0.15) is 48.4 Å². The van der Waals surface area contributed by atoms with Gasteiger partial charge in [-0.05, 0) is 82.8 Å². The number of benzene rings is 4. The van der Waals surface area contributed by atoms with Gasteiger partial charge in [0.2, 0.25) is 0 Å². The van der Waals surface area contributed by atoms with Gasteiger partial charge < -0.3 is 4.74 Å². The van der Waals surface area contributed by atoms with Gasteiger partial charge in [0.25, 0.3) is 0 Å². The molecule has 0 bridgehead atoms. The summed E-state index contributed by atoms with van der Waals surface area (Å²) in [6, 6.07) is 32.6. The fourth-order valence-corrected chi connectivity index (χ4v) is 4.51. The maximum atomic E-state index is 6.22. The molecule has 0 aliphatic heterocycles. The van der Waals surface area contributed by atoms with Crippen LogP contribution in [0.5, 0.6) is 5.75 Å². The summed E-state index contributed by atoms with van der Waals surface area (Å²) in [6.45, 7) is 9.52. The number of aryl methyl sites for hydroxylation is 2. The van der Waals surface area contributed by atoms with Crippen LogP contribution in [0, 0.1) is 13.8 Å². The zero-order valence-electron chi connectivity index (χ0n) is 20.3. The van der Waals surface area contributed by atoms with Crippen molar-refractivity contribution in [2.75, 3.05) is 6.61 Å². The lowest BCUT2D eigenvalue weighted by Crippen LogP contribution is -2.05. The lowest BCUT2D eigenvalue weighted by Gasteiger charge is -2.18. The summed E-state index contributed by atoms with van der Waals surface area (Å²) in [7, 11) is 0. The minimum Gasteiger partial charge on any atom is -0.493 e. The molecule has 4 aromatic rings. The van der Waals surface area contributed by atoms with E-state index in [9.17, 15) is 0 Å². The van der Waals surface area contributed by atoms with Crippen LogP contribution in [0.2, 0.25) is 0 Å². The topological polar surface area (TPSA) is 9.23 Å². The van der Waals surface area contributed by atoms with E-state index in [1.54, 1.807) is 0 Å². The largest absolute Gasteiger partial charge is 0.493 e. The zero-order valence-corrected chi connectivity index (χ0v) is 20.3. The lowest BCUT2D eigenvalue weighted by molar-refractivity contribution is 0.322. The van der Waals surface area contributed by atoms with E-state index in [0.29, 0.717) is 12.5 Å². The van der Waals surface area contributed by atoms with Crippen LogP contribution >= 0.6 is 0 Å². The van der Waals surface area contributed by atoms with Gasteiger partial charge in [-0.25, -0.2) is 0 Å². The highest BCUT2D eigenvalue weighted by Gasteiger charge is 2.14. The SMILES string of the molecule is CCC(C)c1ccc(OCCc2c(-c3ccccc3C)cccc2-c2ccccc2C)cc1. The highest BCUT2D eigenvalue weighted by Crippen LogP contribution is 2.35. The Hall–Kier alpha value is -3.32. The van der Waals surface area contributed by atoms with Gasteiger partial charge in [0.1, 0.15) is 5.75 Å². The molecule has 0 amide bonds. The molecule has 4 rings (SSSR count). The molecule has 0 radical (unpaired) electrons. The van der Waals surface area contributed by atoms with Gasteiger partial charge >= 0.3 is 0 Å². The summed E-state index contributed by atoms with van der Waals surface area (Å²) < 4.78 is 6.22. The fraction of sp³-hybridized carbons (Fsp3) is 0.250. The molecule has 0 spiro atoms. The highest BCUT2D eigenvalue weighted by molar-refractivity contribution is 5.81. The van der Waals surface area contributed by atoms with Crippen molar-refractivity contribution < 1.29 is 4.74 Å². The number of ether oxygens (including phenoxy) is 1. The first-order valence-electron chi connectivity index (χ1n) is 12.0. The third-order valence-corrected chi connectivity index (χ3v) is 6.73. The standard InChI is InChI=1S/C32H34O/c1-5-23(2)26-17-19-27(20-18-26)33-22-21-32-30(28-13-8-6-11-24(28)3)15-10-16-31(32)29-14-9-7-12-25(29)4/h6-20,23H,5,21-22H2,1-4H3. The van der Waals surface area contributed by atoms with Crippen molar-refractivity contribution in [2.45, 2.75) is 46.5 Å². The van der Waals surface area contributed by atoms with Crippen molar-refractivity contribution in [3.63, 3.8) is 0 Å². The van der Waals surface area contributed by atoms with Gasteiger partial charge in [0, 0.05) is 6.42 Å². The molecule has 1 nitrogen and oxygen atoms in total. The summed E-state index contributed by atoms with van der Waals surface area (Å²) in [4.78, 5) is 0. The molecule has 0 saturated carbocycles. The van der Waals surface area contributed by atoms with Crippen molar-refractivity contribution in [1.29, 1.82) is 0 Å². The van der Waals surface area contributed by atoms with Crippen LogP contribution in [0.15, 0.2) is 91.0 Å². The van der Waals surface area contributed by atoms with E-state index in [1.165, 1.54) is 44.5 Å². The maximum absolute atomic E-state index is 6.22. The zero-order chi connectivity index (χ0) is 23.2. The third-order valence-electron chi connectivity index (χ3n) is 6.73. The van der Waals surface area contributed by atoms with E-state index in [1.807, 2.05) is 0 Å². The molecule has 0 N–H and O–H groups in total. The molecule has 168 valence electrons. The minimum absolute atomic E-state index is 0.580. The maximum Gasteiger partial charge on any atom is 0.119 e. The Labute approximate surface area is 199 Å².